The summed E-state index contributed by atoms with van der Waals surface area (Å²) in [5.41, 5.74) is 0. The number of sulfonamides is 1. The summed E-state index contributed by atoms with van der Waals surface area (Å²) >= 11 is 0. The van der Waals surface area contributed by atoms with Crippen LogP contribution in [0, 0.1) is 11.3 Å². The Morgan fingerprint density at radius 2 is 2.14 bits per heavy atom. The van der Waals surface area contributed by atoms with Gasteiger partial charge in [0.2, 0.25) is 10.0 Å². The average Bonchev–Trinajstić information content (AvgIpc) is 2.14. The van der Waals surface area contributed by atoms with E-state index in [1.807, 2.05) is 6.07 Å². The zero-order valence-corrected chi connectivity index (χ0v) is 9.38. The fraction of sp³-hybridized carbons (Fsp3) is 0.875. The van der Waals surface area contributed by atoms with Gasteiger partial charge in [-0.05, 0) is 6.42 Å². The second kappa shape index (κ2) is 6.76. The Bertz CT molecular complexity index is 281. The van der Waals surface area contributed by atoms with E-state index in [2.05, 4.69) is 0 Å². The molecular formula is C8H16N2O3S. The van der Waals surface area contributed by atoms with Crippen LogP contribution >= 0.6 is 0 Å². The van der Waals surface area contributed by atoms with E-state index in [1.165, 1.54) is 18.5 Å². The molecule has 0 aliphatic carbocycles. The van der Waals surface area contributed by atoms with Gasteiger partial charge < -0.3 is 4.74 Å². The summed E-state index contributed by atoms with van der Waals surface area (Å²) in [5.74, 6) is 0.0722. The van der Waals surface area contributed by atoms with Gasteiger partial charge in [-0.25, -0.2) is 12.7 Å². The Balaban J connectivity index is 3.98. The normalized spacial score (nSPS) is 11.6. The summed E-state index contributed by atoms with van der Waals surface area (Å²) < 4.78 is 28.9. The highest BCUT2D eigenvalue weighted by Gasteiger charge is 2.16. The number of hydrogen-bond donors (Lipinski definition) is 0. The average molecular weight is 220 g/mol. The van der Waals surface area contributed by atoms with Crippen molar-refractivity contribution in [3.8, 4) is 6.07 Å². The topological polar surface area (TPSA) is 70.4 Å². The lowest BCUT2D eigenvalue weighted by Gasteiger charge is -2.14. The van der Waals surface area contributed by atoms with Crippen molar-refractivity contribution in [1.29, 1.82) is 5.26 Å². The monoisotopic (exact) mass is 220 g/mol. The van der Waals surface area contributed by atoms with Crippen molar-refractivity contribution in [3.63, 3.8) is 0 Å². The molecule has 14 heavy (non-hydrogen) atoms. The Morgan fingerprint density at radius 3 is 2.64 bits per heavy atom. The van der Waals surface area contributed by atoms with Crippen LogP contribution in [-0.4, -0.2) is 45.8 Å². The minimum atomic E-state index is -3.20. The molecule has 5 nitrogen and oxygen atoms in total. The predicted molar refractivity (Wildman–Crippen MR) is 53.1 cm³/mol. The first-order valence-corrected chi connectivity index (χ1v) is 5.95. The summed E-state index contributed by atoms with van der Waals surface area (Å²) in [6, 6.07) is 1.91. The number of ether oxygens (including phenoxy) is 1. The molecule has 0 amide bonds. The highest BCUT2D eigenvalue weighted by atomic mass is 32.2. The van der Waals surface area contributed by atoms with Gasteiger partial charge in [-0.3, -0.25) is 0 Å². The Morgan fingerprint density at radius 1 is 1.50 bits per heavy atom. The third-order valence-corrected chi connectivity index (χ3v) is 3.70. The van der Waals surface area contributed by atoms with Gasteiger partial charge in [0.25, 0.3) is 0 Å². The number of methoxy groups -OCH3 is 1. The molecule has 0 atom stereocenters. The van der Waals surface area contributed by atoms with E-state index in [1.54, 1.807) is 0 Å². The molecule has 0 saturated carbocycles. The summed E-state index contributed by atoms with van der Waals surface area (Å²) in [5, 5.41) is 8.30. The van der Waals surface area contributed by atoms with E-state index in [0.717, 1.165) is 0 Å². The third-order valence-electron chi connectivity index (χ3n) is 1.76. The van der Waals surface area contributed by atoms with Crippen LogP contribution < -0.4 is 0 Å². The molecule has 0 bridgehead atoms. The lowest BCUT2D eigenvalue weighted by molar-refractivity contribution is 0.199. The molecule has 0 aromatic heterocycles. The Hall–Kier alpha value is -0.640. The van der Waals surface area contributed by atoms with E-state index >= 15 is 0 Å². The van der Waals surface area contributed by atoms with E-state index in [-0.39, 0.29) is 18.7 Å². The molecule has 0 rings (SSSR count). The van der Waals surface area contributed by atoms with Gasteiger partial charge in [-0.15, -0.1) is 0 Å². The first kappa shape index (κ1) is 13.4. The van der Waals surface area contributed by atoms with Crippen LogP contribution in [-0.2, 0) is 14.8 Å². The number of hydrogen-bond acceptors (Lipinski definition) is 4. The Kier molecular flexibility index (Phi) is 6.45. The fourth-order valence-electron chi connectivity index (χ4n) is 0.888. The van der Waals surface area contributed by atoms with E-state index in [4.69, 9.17) is 10.00 Å². The van der Waals surface area contributed by atoms with Crippen molar-refractivity contribution in [3.05, 3.63) is 0 Å². The van der Waals surface area contributed by atoms with Gasteiger partial charge in [0, 0.05) is 33.7 Å². The maximum Gasteiger partial charge on any atom is 0.213 e. The SMILES string of the molecule is COCCCS(=O)(=O)N(C)CCC#N. The van der Waals surface area contributed by atoms with Gasteiger partial charge in [0.05, 0.1) is 11.8 Å². The van der Waals surface area contributed by atoms with Gasteiger partial charge >= 0.3 is 0 Å². The molecule has 0 aliphatic heterocycles. The smallest absolute Gasteiger partial charge is 0.213 e. The lowest BCUT2D eigenvalue weighted by atomic mass is 10.5. The predicted octanol–water partition coefficient (Wildman–Crippen LogP) is 0.198. The van der Waals surface area contributed by atoms with Gasteiger partial charge in [-0.1, -0.05) is 0 Å². The van der Waals surface area contributed by atoms with Crippen LogP contribution in [0.4, 0.5) is 0 Å². The van der Waals surface area contributed by atoms with Crippen molar-refractivity contribution in [1.82, 2.24) is 4.31 Å². The van der Waals surface area contributed by atoms with Crippen LogP contribution in [0.15, 0.2) is 0 Å². The van der Waals surface area contributed by atoms with Crippen molar-refractivity contribution in [2.24, 2.45) is 0 Å². The van der Waals surface area contributed by atoms with Crippen LogP contribution in [0.3, 0.4) is 0 Å². The minimum Gasteiger partial charge on any atom is -0.385 e. The molecule has 0 spiro atoms. The van der Waals surface area contributed by atoms with E-state index in [0.29, 0.717) is 13.0 Å². The molecule has 0 N–H and O–H groups in total. The molecule has 0 aliphatic rings. The van der Waals surface area contributed by atoms with Crippen LogP contribution in [0.25, 0.3) is 0 Å². The van der Waals surface area contributed by atoms with Crippen molar-refractivity contribution in [2.45, 2.75) is 12.8 Å². The molecular weight excluding hydrogens is 204 g/mol. The molecule has 0 aromatic carbocycles. The Labute approximate surface area is 85.3 Å². The summed E-state index contributed by atoms with van der Waals surface area (Å²) in [4.78, 5) is 0. The van der Waals surface area contributed by atoms with Crippen LogP contribution in [0.1, 0.15) is 12.8 Å². The highest BCUT2D eigenvalue weighted by molar-refractivity contribution is 7.89. The van der Waals surface area contributed by atoms with Gasteiger partial charge in [-0.2, -0.15) is 5.26 Å². The number of nitriles is 1. The van der Waals surface area contributed by atoms with Crippen molar-refractivity contribution < 1.29 is 13.2 Å². The molecule has 0 radical (unpaired) electrons. The zero-order valence-electron chi connectivity index (χ0n) is 8.56. The second-order valence-electron chi connectivity index (χ2n) is 2.89. The molecule has 0 fully saturated rings. The number of rotatable bonds is 7. The first-order chi connectivity index (χ1) is 6.54. The molecule has 6 heteroatoms. The van der Waals surface area contributed by atoms with Crippen LogP contribution in [0.5, 0.6) is 0 Å². The molecule has 82 valence electrons. The summed E-state index contributed by atoms with van der Waals surface area (Å²) in [6.45, 7) is 0.692. The van der Waals surface area contributed by atoms with Gasteiger partial charge in [0.1, 0.15) is 0 Å². The van der Waals surface area contributed by atoms with Crippen molar-refractivity contribution in [2.75, 3.05) is 33.1 Å². The second-order valence-corrected chi connectivity index (χ2v) is 5.09. The fourth-order valence-corrected chi connectivity index (χ4v) is 2.05. The van der Waals surface area contributed by atoms with Crippen molar-refractivity contribution >= 4 is 10.0 Å². The number of nitrogens with zero attached hydrogens (tertiary/aromatic N) is 2. The molecule has 0 aromatic rings. The quantitative estimate of drug-likeness (QED) is 0.575. The molecule has 0 unspecified atom stereocenters. The molecule has 0 saturated heterocycles. The summed E-state index contributed by atoms with van der Waals surface area (Å²) in [6.07, 6.45) is 0.704. The van der Waals surface area contributed by atoms with Gasteiger partial charge in [0.15, 0.2) is 0 Å². The maximum absolute atomic E-state index is 11.5. The van der Waals surface area contributed by atoms with Crippen LogP contribution in [0.2, 0.25) is 0 Å². The highest BCUT2D eigenvalue weighted by Crippen LogP contribution is 2.01. The maximum atomic E-state index is 11.5. The molecule has 0 heterocycles. The van der Waals surface area contributed by atoms with E-state index < -0.39 is 10.0 Å². The standard InChI is InChI=1S/C8H16N2O3S/c1-10(6-3-5-9)14(11,12)8-4-7-13-2/h3-4,6-8H2,1-2H3. The largest absolute Gasteiger partial charge is 0.385 e. The lowest BCUT2D eigenvalue weighted by Crippen LogP contribution is -2.30. The first-order valence-electron chi connectivity index (χ1n) is 4.34. The third kappa shape index (κ3) is 5.17. The zero-order chi connectivity index (χ0) is 11.0. The van der Waals surface area contributed by atoms with E-state index in [9.17, 15) is 8.42 Å². The minimum absolute atomic E-state index is 0.0722. The summed E-state index contributed by atoms with van der Waals surface area (Å²) in [7, 11) is -0.183.